The number of ether oxygens (including phenoxy) is 1. The van der Waals surface area contributed by atoms with Crippen LogP contribution in [-0.2, 0) is 14.3 Å². The van der Waals surface area contributed by atoms with E-state index in [1.165, 1.54) is 0 Å². The summed E-state index contributed by atoms with van der Waals surface area (Å²) in [5.41, 5.74) is 0. The molecule has 4 nitrogen and oxygen atoms in total. The Balaban J connectivity index is 5.38. The molecule has 0 aromatic heterocycles. The lowest BCUT2D eigenvalue weighted by Crippen LogP contribution is -2.64. The monoisotopic (exact) mass is 371 g/mol. The van der Waals surface area contributed by atoms with Crippen molar-refractivity contribution in [1.29, 1.82) is 0 Å². The molecule has 0 aliphatic heterocycles. The van der Waals surface area contributed by atoms with Crippen molar-refractivity contribution in [3.63, 3.8) is 0 Å². The van der Waals surface area contributed by atoms with Gasteiger partial charge in [-0.1, -0.05) is 13.8 Å². The summed E-state index contributed by atoms with van der Waals surface area (Å²) in [5, 5.41) is 9.91. The van der Waals surface area contributed by atoms with Crippen LogP contribution < -0.4 is 5.11 Å². The van der Waals surface area contributed by atoms with Crippen LogP contribution in [0.25, 0.3) is 0 Å². The van der Waals surface area contributed by atoms with Crippen molar-refractivity contribution in [2.75, 3.05) is 6.61 Å². The minimum Gasteiger partial charge on any atom is -0.545 e. The first-order chi connectivity index (χ1) is 10.5. The second-order valence-electron chi connectivity index (χ2n) is 4.89. The van der Waals surface area contributed by atoms with Gasteiger partial charge in [-0.15, -0.1) is 0 Å². The van der Waals surface area contributed by atoms with Crippen molar-refractivity contribution >= 4 is 11.9 Å². The minimum atomic E-state index is -6.56. The Morgan fingerprint density at radius 3 is 1.79 bits per heavy atom. The van der Waals surface area contributed by atoms with Gasteiger partial charge in [0.25, 0.3) is 0 Å². The average Bonchev–Trinajstić information content (AvgIpc) is 2.41. The van der Waals surface area contributed by atoms with Crippen molar-refractivity contribution in [3.8, 4) is 0 Å². The maximum Gasteiger partial charge on any atom is 0.381 e. The first kappa shape index (κ1) is 22.1. The summed E-state index contributed by atoms with van der Waals surface area (Å²) in [6.07, 6.45) is -0.0371. The molecule has 0 aromatic carbocycles. The number of carboxylic acid groups (broad SMARTS) is 1. The summed E-state index contributed by atoms with van der Waals surface area (Å²) in [4.78, 5) is 20.7. The van der Waals surface area contributed by atoms with Gasteiger partial charge in [0.15, 0.2) is 6.61 Å². The first-order valence-electron chi connectivity index (χ1n) is 6.07. The van der Waals surface area contributed by atoms with Crippen LogP contribution in [0, 0.1) is 5.92 Å². The van der Waals surface area contributed by atoms with Gasteiger partial charge in [-0.3, -0.25) is 0 Å². The SMILES string of the molecule is CC(C)C(F)(F)C(F)(F)C(F)(F)C(F)(F)COC(=O)C=CC(=O)[O-]. The number of aliphatic carboxylic acids is 1. The van der Waals surface area contributed by atoms with Crippen LogP contribution in [0.3, 0.4) is 0 Å². The molecule has 0 aliphatic rings. The van der Waals surface area contributed by atoms with E-state index in [2.05, 4.69) is 4.74 Å². The van der Waals surface area contributed by atoms with Gasteiger partial charge in [-0.05, 0) is 6.08 Å². The third kappa shape index (κ3) is 4.15. The first-order valence-corrected chi connectivity index (χ1v) is 6.07. The van der Waals surface area contributed by atoms with E-state index in [0.717, 1.165) is 0 Å². The molecular formula is C12H11F8O4-. The fourth-order valence-corrected chi connectivity index (χ4v) is 1.24. The number of carbonyl (C=O) groups is 2. The molecule has 0 bridgehead atoms. The molecule has 0 N–H and O–H groups in total. The molecule has 0 amide bonds. The number of esters is 1. The minimum absolute atomic E-state index is 0.0138. The summed E-state index contributed by atoms with van der Waals surface area (Å²) in [7, 11) is 0. The standard InChI is InChI=1S/C12H12F8O4/c1-6(2)10(15,16)12(19,20)11(17,18)9(13,14)5-24-8(23)4-3-7(21)22/h3-4,6H,5H2,1-2H3,(H,21,22)/p-1. The predicted molar refractivity (Wildman–Crippen MR) is 59.7 cm³/mol. The molecule has 0 saturated carbocycles. The molecular weight excluding hydrogens is 360 g/mol. The van der Waals surface area contributed by atoms with Gasteiger partial charge in [0.1, 0.15) is 0 Å². The zero-order chi connectivity index (χ0) is 19.6. The molecule has 0 radical (unpaired) electrons. The lowest BCUT2D eigenvalue weighted by molar-refractivity contribution is -0.377. The number of carbonyl (C=O) groups excluding carboxylic acids is 2. The Hall–Kier alpha value is -1.88. The van der Waals surface area contributed by atoms with Crippen LogP contribution in [-0.4, -0.2) is 42.2 Å². The Morgan fingerprint density at radius 1 is 0.958 bits per heavy atom. The third-order valence-electron chi connectivity index (χ3n) is 2.75. The van der Waals surface area contributed by atoms with Crippen LogP contribution in [0.4, 0.5) is 35.1 Å². The summed E-state index contributed by atoms with van der Waals surface area (Å²) in [6.45, 7) is -1.83. The zero-order valence-electron chi connectivity index (χ0n) is 12.1. The van der Waals surface area contributed by atoms with Gasteiger partial charge in [-0.25, -0.2) is 4.79 Å². The topological polar surface area (TPSA) is 66.4 Å². The van der Waals surface area contributed by atoms with E-state index in [1.807, 2.05) is 0 Å². The molecule has 0 unspecified atom stereocenters. The highest BCUT2D eigenvalue weighted by Crippen LogP contribution is 2.54. The third-order valence-corrected chi connectivity index (χ3v) is 2.75. The highest BCUT2D eigenvalue weighted by Gasteiger charge is 2.81. The summed E-state index contributed by atoms with van der Waals surface area (Å²) in [5.74, 6) is -30.6. The molecule has 0 saturated heterocycles. The fraction of sp³-hybridized carbons (Fsp3) is 0.667. The van der Waals surface area contributed by atoms with Crippen molar-refractivity contribution in [3.05, 3.63) is 12.2 Å². The number of hydrogen-bond acceptors (Lipinski definition) is 4. The molecule has 0 fully saturated rings. The summed E-state index contributed by atoms with van der Waals surface area (Å²) >= 11 is 0. The van der Waals surface area contributed by atoms with E-state index in [1.54, 1.807) is 0 Å². The van der Waals surface area contributed by atoms with Crippen LogP contribution in [0.1, 0.15) is 13.8 Å². The lowest BCUT2D eigenvalue weighted by Gasteiger charge is -2.38. The number of rotatable bonds is 8. The van der Waals surface area contributed by atoms with Crippen LogP contribution in [0.15, 0.2) is 12.2 Å². The Morgan fingerprint density at radius 2 is 1.42 bits per heavy atom. The van der Waals surface area contributed by atoms with Crippen LogP contribution in [0.2, 0.25) is 0 Å². The predicted octanol–water partition coefficient (Wildman–Crippen LogP) is 2.03. The second-order valence-corrected chi connectivity index (χ2v) is 4.89. The Kier molecular flexibility index (Phi) is 6.39. The number of hydrogen-bond donors (Lipinski definition) is 0. The molecule has 0 rings (SSSR count). The van der Waals surface area contributed by atoms with Crippen molar-refractivity contribution in [1.82, 2.24) is 0 Å². The second kappa shape index (κ2) is 6.93. The molecule has 0 heterocycles. The van der Waals surface area contributed by atoms with Crippen LogP contribution in [0.5, 0.6) is 0 Å². The maximum absolute atomic E-state index is 13.3. The van der Waals surface area contributed by atoms with Crippen molar-refractivity contribution in [2.24, 2.45) is 5.92 Å². The lowest BCUT2D eigenvalue weighted by atomic mass is 9.92. The Bertz CT molecular complexity index is 513. The zero-order valence-corrected chi connectivity index (χ0v) is 12.1. The van der Waals surface area contributed by atoms with Crippen molar-refractivity contribution < 1.29 is 54.6 Å². The highest BCUT2D eigenvalue weighted by molar-refractivity contribution is 5.89. The van der Waals surface area contributed by atoms with Gasteiger partial charge in [0.2, 0.25) is 0 Å². The van der Waals surface area contributed by atoms with Gasteiger partial charge >= 0.3 is 29.7 Å². The smallest absolute Gasteiger partial charge is 0.381 e. The fourth-order valence-electron chi connectivity index (χ4n) is 1.24. The number of halogens is 8. The van der Waals surface area contributed by atoms with Crippen molar-refractivity contribution in [2.45, 2.75) is 37.5 Å². The van der Waals surface area contributed by atoms with E-state index in [0.29, 0.717) is 13.8 Å². The van der Waals surface area contributed by atoms with Crippen LogP contribution >= 0.6 is 0 Å². The molecule has 0 atom stereocenters. The van der Waals surface area contributed by atoms with E-state index >= 15 is 0 Å². The maximum atomic E-state index is 13.3. The summed E-state index contributed by atoms with van der Waals surface area (Å²) < 4.78 is 110. The van der Waals surface area contributed by atoms with Gasteiger partial charge in [0.05, 0.1) is 5.97 Å². The normalized spacial score (nSPS) is 14.3. The van der Waals surface area contributed by atoms with E-state index in [4.69, 9.17) is 0 Å². The molecule has 12 heteroatoms. The molecule has 24 heavy (non-hydrogen) atoms. The molecule has 0 aliphatic carbocycles. The molecule has 0 aromatic rings. The molecule has 140 valence electrons. The van der Waals surface area contributed by atoms with Gasteiger partial charge in [-0.2, -0.15) is 35.1 Å². The van der Waals surface area contributed by atoms with E-state index < -0.39 is 48.2 Å². The number of alkyl halides is 8. The average molecular weight is 371 g/mol. The summed E-state index contributed by atoms with van der Waals surface area (Å²) in [6, 6.07) is 0. The Labute approximate surface area is 130 Å². The largest absolute Gasteiger partial charge is 0.545 e. The van der Waals surface area contributed by atoms with Gasteiger partial charge < -0.3 is 14.6 Å². The number of carboxylic acids is 1. The quantitative estimate of drug-likeness (QED) is 0.372. The van der Waals surface area contributed by atoms with E-state index in [9.17, 15) is 49.8 Å². The highest BCUT2D eigenvalue weighted by atomic mass is 19.4. The molecule has 0 spiro atoms. The van der Waals surface area contributed by atoms with E-state index in [-0.39, 0.29) is 12.2 Å². The van der Waals surface area contributed by atoms with Gasteiger partial charge in [0, 0.05) is 12.0 Å².